The van der Waals surface area contributed by atoms with Gasteiger partial charge in [-0.2, -0.15) is 0 Å². The number of esters is 2. The number of allylic oxidation sites excluding steroid dienone is 8. The zero-order valence-electron chi connectivity index (χ0n) is 29.0. The first-order valence-corrected chi connectivity index (χ1v) is 17.2. The highest BCUT2D eigenvalue weighted by Gasteiger charge is 2.25. The normalized spacial score (nSPS) is 13.7. The van der Waals surface area contributed by atoms with Crippen LogP contribution in [0.25, 0.3) is 0 Å². The fourth-order valence-electron chi connectivity index (χ4n) is 4.58. The van der Waals surface area contributed by atoms with Crippen molar-refractivity contribution in [3.63, 3.8) is 0 Å². The SMILES string of the molecule is CC/C=C/C/C=C/CCCCCCCCCC(=O)OC(COCCC(C(=O)[O-])[N+](C)(C)C)COC(=O)CC/C=C/C/C=C/CC. The van der Waals surface area contributed by atoms with Crippen molar-refractivity contribution in [3.05, 3.63) is 48.6 Å². The van der Waals surface area contributed by atoms with Gasteiger partial charge in [0.25, 0.3) is 0 Å². The quantitative estimate of drug-likeness (QED) is 0.0387. The van der Waals surface area contributed by atoms with Crippen molar-refractivity contribution in [1.29, 1.82) is 0 Å². The maximum absolute atomic E-state index is 12.6. The van der Waals surface area contributed by atoms with Crippen molar-refractivity contribution in [2.24, 2.45) is 0 Å². The van der Waals surface area contributed by atoms with E-state index in [1.165, 1.54) is 19.3 Å². The van der Waals surface area contributed by atoms with Crippen LogP contribution in [0.2, 0.25) is 0 Å². The van der Waals surface area contributed by atoms with Crippen molar-refractivity contribution in [3.8, 4) is 0 Å². The number of hydrogen-bond donors (Lipinski definition) is 0. The van der Waals surface area contributed by atoms with E-state index in [1.807, 2.05) is 12.2 Å². The summed E-state index contributed by atoms with van der Waals surface area (Å²) in [6.45, 7) is 4.30. The van der Waals surface area contributed by atoms with Crippen molar-refractivity contribution in [1.82, 2.24) is 0 Å². The molecule has 0 spiro atoms. The van der Waals surface area contributed by atoms with Gasteiger partial charge in [-0.25, -0.2) is 0 Å². The molecule has 2 unspecified atom stereocenters. The second-order valence-electron chi connectivity index (χ2n) is 12.3. The molecule has 0 aliphatic rings. The standard InChI is InChI=1S/C37H63NO7/c1-6-8-10-12-14-15-16-17-18-19-20-22-24-26-28-36(40)45-33(31-43-30-29-34(37(41)42)38(3,4)5)32-44-35(39)27-25-23-21-13-11-9-7-2/h8-11,14-15,21,23,33-34H,6-7,12-13,16-20,22,24-32H2,1-5H3/b10-8+,11-9+,15-14+,23-21+. The molecule has 0 aromatic rings. The molecule has 8 nitrogen and oxygen atoms in total. The van der Waals surface area contributed by atoms with E-state index in [1.54, 1.807) is 21.1 Å². The number of carboxylic acids is 1. The van der Waals surface area contributed by atoms with Gasteiger partial charge in [-0.3, -0.25) is 9.59 Å². The van der Waals surface area contributed by atoms with E-state index < -0.39 is 18.1 Å². The fourth-order valence-corrected chi connectivity index (χ4v) is 4.58. The monoisotopic (exact) mass is 633 g/mol. The molecule has 0 N–H and O–H groups in total. The minimum absolute atomic E-state index is 0.0181. The number of aliphatic carboxylic acids is 1. The van der Waals surface area contributed by atoms with E-state index in [4.69, 9.17) is 14.2 Å². The molecular formula is C37H63NO7. The Hall–Kier alpha value is -2.71. The van der Waals surface area contributed by atoms with Crippen molar-refractivity contribution < 1.29 is 38.2 Å². The molecule has 8 heteroatoms. The molecule has 0 radical (unpaired) electrons. The van der Waals surface area contributed by atoms with E-state index in [-0.39, 0.29) is 49.1 Å². The molecule has 0 heterocycles. The van der Waals surface area contributed by atoms with Crippen LogP contribution in [0.3, 0.4) is 0 Å². The molecule has 0 amide bonds. The van der Waals surface area contributed by atoms with Crippen LogP contribution in [0, 0.1) is 0 Å². The highest BCUT2D eigenvalue weighted by molar-refractivity contribution is 5.70. The lowest BCUT2D eigenvalue weighted by atomic mass is 10.1. The van der Waals surface area contributed by atoms with Crippen molar-refractivity contribution in [2.45, 2.75) is 129 Å². The number of hydrogen-bond acceptors (Lipinski definition) is 7. The molecule has 0 aliphatic heterocycles. The predicted octanol–water partition coefficient (Wildman–Crippen LogP) is 6.79. The number of rotatable bonds is 29. The van der Waals surface area contributed by atoms with Crippen molar-refractivity contribution >= 4 is 17.9 Å². The van der Waals surface area contributed by atoms with Gasteiger partial charge >= 0.3 is 11.9 Å². The number of unbranched alkanes of at least 4 members (excludes halogenated alkanes) is 7. The van der Waals surface area contributed by atoms with E-state index in [2.05, 4.69) is 50.3 Å². The maximum atomic E-state index is 12.6. The van der Waals surface area contributed by atoms with Gasteiger partial charge in [-0.1, -0.05) is 94.6 Å². The molecule has 0 saturated carbocycles. The first kappa shape index (κ1) is 42.3. The number of likely N-dealkylation sites (N-methyl/N-ethyl adjacent to an activating group) is 1. The zero-order valence-corrected chi connectivity index (χ0v) is 29.0. The number of ether oxygens (including phenoxy) is 3. The molecule has 0 bridgehead atoms. The van der Waals surface area contributed by atoms with Gasteiger partial charge in [0.15, 0.2) is 6.10 Å². The lowest BCUT2D eigenvalue weighted by Crippen LogP contribution is -2.55. The van der Waals surface area contributed by atoms with Crippen molar-refractivity contribution in [2.75, 3.05) is 41.0 Å². The Morgan fingerprint density at radius 2 is 1.22 bits per heavy atom. The van der Waals surface area contributed by atoms with Gasteiger partial charge in [-0.15, -0.1) is 0 Å². The van der Waals surface area contributed by atoms with Gasteiger partial charge in [0.1, 0.15) is 12.6 Å². The minimum Gasteiger partial charge on any atom is -0.544 e. The van der Waals surface area contributed by atoms with E-state index in [0.717, 1.165) is 57.8 Å². The number of carbonyl (C=O) groups is 3. The summed E-state index contributed by atoms with van der Waals surface area (Å²) in [4.78, 5) is 36.3. The van der Waals surface area contributed by atoms with Crippen LogP contribution in [-0.2, 0) is 28.6 Å². The van der Waals surface area contributed by atoms with Gasteiger partial charge in [0.05, 0.1) is 40.3 Å². The van der Waals surface area contributed by atoms with Crippen LogP contribution in [0.15, 0.2) is 48.6 Å². The minimum atomic E-state index is -1.14. The Labute approximate surface area is 274 Å². The van der Waals surface area contributed by atoms with Crippen LogP contribution in [0.1, 0.15) is 117 Å². The summed E-state index contributed by atoms with van der Waals surface area (Å²) in [6.07, 6.45) is 30.3. The number of carbonyl (C=O) groups excluding carboxylic acids is 3. The van der Waals surface area contributed by atoms with Gasteiger partial charge in [0.2, 0.25) is 0 Å². The molecule has 0 aromatic carbocycles. The Morgan fingerprint density at radius 1 is 0.667 bits per heavy atom. The summed E-state index contributed by atoms with van der Waals surface area (Å²) in [5.41, 5.74) is 0. The number of nitrogens with zero attached hydrogens (tertiary/aromatic N) is 1. The van der Waals surface area contributed by atoms with Crippen LogP contribution >= 0.6 is 0 Å². The molecular weight excluding hydrogens is 570 g/mol. The highest BCUT2D eigenvalue weighted by atomic mass is 16.6. The second-order valence-corrected chi connectivity index (χ2v) is 12.3. The van der Waals surface area contributed by atoms with Gasteiger partial charge < -0.3 is 28.6 Å². The third-order valence-corrected chi connectivity index (χ3v) is 7.22. The number of carboxylic acid groups (broad SMARTS) is 1. The lowest BCUT2D eigenvalue weighted by molar-refractivity contribution is -0.889. The summed E-state index contributed by atoms with van der Waals surface area (Å²) >= 11 is 0. The zero-order chi connectivity index (χ0) is 33.6. The topological polar surface area (TPSA) is 102 Å². The fraction of sp³-hybridized carbons (Fsp3) is 0.703. The van der Waals surface area contributed by atoms with Crippen LogP contribution in [0.4, 0.5) is 0 Å². The molecule has 0 aliphatic carbocycles. The number of quaternary nitrogens is 1. The molecule has 0 rings (SSSR count). The molecule has 258 valence electrons. The molecule has 45 heavy (non-hydrogen) atoms. The smallest absolute Gasteiger partial charge is 0.306 e. The Balaban J connectivity index is 4.49. The Kier molecular flexibility index (Phi) is 27.0. The Bertz CT molecular complexity index is 886. The van der Waals surface area contributed by atoms with E-state index in [0.29, 0.717) is 12.8 Å². The molecule has 0 aromatic heterocycles. The summed E-state index contributed by atoms with van der Waals surface area (Å²) < 4.78 is 16.9. The van der Waals surface area contributed by atoms with Crippen LogP contribution < -0.4 is 5.11 Å². The Morgan fingerprint density at radius 3 is 1.80 bits per heavy atom. The average Bonchev–Trinajstić information content (AvgIpc) is 2.98. The third kappa shape index (κ3) is 27.3. The molecule has 0 saturated heterocycles. The highest BCUT2D eigenvalue weighted by Crippen LogP contribution is 2.12. The summed E-state index contributed by atoms with van der Waals surface area (Å²) in [5.74, 6) is -1.85. The van der Waals surface area contributed by atoms with Gasteiger partial charge in [0, 0.05) is 19.3 Å². The predicted molar refractivity (Wildman–Crippen MR) is 180 cm³/mol. The summed E-state index contributed by atoms with van der Waals surface area (Å²) in [7, 11) is 5.36. The second kappa shape index (κ2) is 28.7. The summed E-state index contributed by atoms with van der Waals surface area (Å²) in [5, 5.41) is 11.5. The van der Waals surface area contributed by atoms with Gasteiger partial charge in [-0.05, 0) is 51.4 Å². The first-order valence-electron chi connectivity index (χ1n) is 17.2. The van der Waals surface area contributed by atoms with E-state index >= 15 is 0 Å². The summed E-state index contributed by atoms with van der Waals surface area (Å²) in [6, 6.07) is -0.732. The largest absolute Gasteiger partial charge is 0.544 e. The average molecular weight is 634 g/mol. The van der Waals surface area contributed by atoms with E-state index in [9.17, 15) is 19.5 Å². The third-order valence-electron chi connectivity index (χ3n) is 7.22. The maximum Gasteiger partial charge on any atom is 0.306 e. The van der Waals surface area contributed by atoms with Crippen LogP contribution in [0.5, 0.6) is 0 Å². The van der Waals surface area contributed by atoms with Crippen LogP contribution in [-0.4, -0.2) is 75.5 Å². The lowest BCUT2D eigenvalue weighted by Gasteiger charge is -2.34. The first-order chi connectivity index (χ1) is 21.6. The molecule has 2 atom stereocenters. The molecule has 0 fully saturated rings.